The smallest absolute Gasteiger partial charge is 0.150 e. The average Bonchev–Trinajstić information content (AvgIpc) is 2.23. The van der Waals surface area contributed by atoms with E-state index in [9.17, 15) is 9.18 Å². The largest absolute Gasteiger partial charge is 0.372 e. The molecule has 1 aromatic carbocycles. The number of benzene rings is 1. The molecule has 1 aliphatic carbocycles. The molecule has 0 spiro atoms. The number of nitrogens with zero attached hydrogens (tertiary/aromatic N) is 1. The summed E-state index contributed by atoms with van der Waals surface area (Å²) >= 11 is 0. The maximum absolute atomic E-state index is 13.7. The van der Waals surface area contributed by atoms with Crippen LogP contribution in [0, 0.1) is 11.7 Å². The number of carbonyl (C=O) groups is 1. The molecule has 0 amide bonds. The van der Waals surface area contributed by atoms with Gasteiger partial charge in [-0.05, 0) is 37.0 Å². The van der Waals surface area contributed by atoms with E-state index < -0.39 is 0 Å². The van der Waals surface area contributed by atoms with Gasteiger partial charge in [0.05, 0.1) is 5.69 Å². The lowest BCUT2D eigenvalue weighted by Crippen LogP contribution is -2.29. The van der Waals surface area contributed by atoms with Crippen LogP contribution in [0.5, 0.6) is 0 Å². The van der Waals surface area contributed by atoms with E-state index in [0.29, 0.717) is 23.5 Å². The Morgan fingerprint density at radius 1 is 1.50 bits per heavy atom. The normalized spacial score (nSPS) is 15.6. The Kier molecular flexibility index (Phi) is 3.22. The maximum atomic E-state index is 13.7. The van der Waals surface area contributed by atoms with Crippen LogP contribution in [0.1, 0.15) is 29.6 Å². The molecule has 2 nitrogen and oxygen atoms in total. The summed E-state index contributed by atoms with van der Waals surface area (Å²) in [5.74, 6) is 0.390. The van der Waals surface area contributed by atoms with Crippen LogP contribution in [0.2, 0.25) is 0 Å². The molecular formula is C13H16FNO. The predicted molar refractivity (Wildman–Crippen MR) is 62.4 cm³/mol. The average molecular weight is 221 g/mol. The van der Waals surface area contributed by atoms with Gasteiger partial charge in [0.15, 0.2) is 0 Å². The molecule has 0 saturated heterocycles. The second kappa shape index (κ2) is 4.64. The number of halogens is 1. The molecule has 1 saturated carbocycles. The lowest BCUT2D eigenvalue weighted by Gasteiger charge is -2.31. The van der Waals surface area contributed by atoms with Gasteiger partial charge in [0.25, 0.3) is 0 Å². The topological polar surface area (TPSA) is 20.3 Å². The first-order chi connectivity index (χ1) is 7.70. The molecule has 0 radical (unpaired) electrons. The number of carbonyl (C=O) groups excluding carboxylic acids is 1. The van der Waals surface area contributed by atoms with Crippen LogP contribution < -0.4 is 4.90 Å². The first-order valence-corrected chi connectivity index (χ1v) is 5.66. The van der Waals surface area contributed by atoms with Crippen LogP contribution in [0.4, 0.5) is 10.1 Å². The Morgan fingerprint density at radius 2 is 2.25 bits per heavy atom. The number of hydrogen-bond donors (Lipinski definition) is 0. The van der Waals surface area contributed by atoms with E-state index >= 15 is 0 Å². The fraction of sp³-hybridized carbons (Fsp3) is 0.462. The molecule has 0 atom stereocenters. The zero-order chi connectivity index (χ0) is 11.5. The van der Waals surface area contributed by atoms with Crippen LogP contribution in [-0.4, -0.2) is 19.9 Å². The third-order valence-electron chi connectivity index (χ3n) is 3.28. The first-order valence-electron chi connectivity index (χ1n) is 5.66. The Balaban J connectivity index is 2.09. The predicted octanol–water partition coefficient (Wildman–Crippen LogP) is 2.87. The molecule has 1 fully saturated rings. The van der Waals surface area contributed by atoms with Gasteiger partial charge in [-0.1, -0.05) is 6.42 Å². The molecule has 16 heavy (non-hydrogen) atoms. The Hall–Kier alpha value is -1.38. The second-order valence-corrected chi connectivity index (χ2v) is 4.51. The van der Waals surface area contributed by atoms with E-state index in [1.807, 2.05) is 11.9 Å². The highest BCUT2D eigenvalue weighted by atomic mass is 19.1. The maximum Gasteiger partial charge on any atom is 0.150 e. The molecule has 0 aliphatic heterocycles. The van der Waals surface area contributed by atoms with Crippen molar-refractivity contribution < 1.29 is 9.18 Å². The highest BCUT2D eigenvalue weighted by molar-refractivity contribution is 5.75. The molecule has 2 rings (SSSR count). The zero-order valence-electron chi connectivity index (χ0n) is 9.45. The number of aldehydes is 1. The highest BCUT2D eigenvalue weighted by Gasteiger charge is 2.20. The van der Waals surface area contributed by atoms with E-state index in [1.54, 1.807) is 12.1 Å². The fourth-order valence-electron chi connectivity index (χ4n) is 2.07. The third-order valence-corrected chi connectivity index (χ3v) is 3.28. The van der Waals surface area contributed by atoms with Gasteiger partial charge in [-0.3, -0.25) is 4.79 Å². The molecule has 1 aliphatic rings. The monoisotopic (exact) mass is 221 g/mol. The van der Waals surface area contributed by atoms with Crippen molar-refractivity contribution in [2.75, 3.05) is 18.5 Å². The van der Waals surface area contributed by atoms with Gasteiger partial charge < -0.3 is 4.90 Å². The van der Waals surface area contributed by atoms with Crippen LogP contribution in [0.3, 0.4) is 0 Å². The van der Waals surface area contributed by atoms with Crippen molar-refractivity contribution >= 4 is 12.0 Å². The molecule has 3 heteroatoms. The van der Waals surface area contributed by atoms with Crippen molar-refractivity contribution in [3.05, 3.63) is 29.6 Å². The number of hydrogen-bond acceptors (Lipinski definition) is 2. The van der Waals surface area contributed by atoms with Gasteiger partial charge in [0.1, 0.15) is 12.1 Å². The molecule has 0 aromatic heterocycles. The first kappa shape index (κ1) is 11.1. The summed E-state index contributed by atoms with van der Waals surface area (Å²) in [5, 5.41) is 0. The van der Waals surface area contributed by atoms with Crippen molar-refractivity contribution in [1.82, 2.24) is 0 Å². The Labute approximate surface area is 95.1 Å². The van der Waals surface area contributed by atoms with Gasteiger partial charge in [-0.2, -0.15) is 0 Å². The quantitative estimate of drug-likeness (QED) is 0.729. The number of rotatable bonds is 4. The van der Waals surface area contributed by atoms with Gasteiger partial charge >= 0.3 is 0 Å². The fourth-order valence-corrected chi connectivity index (χ4v) is 2.07. The third kappa shape index (κ3) is 2.23. The Morgan fingerprint density at radius 3 is 2.75 bits per heavy atom. The van der Waals surface area contributed by atoms with Crippen molar-refractivity contribution in [3.8, 4) is 0 Å². The molecular weight excluding hydrogens is 205 g/mol. The minimum Gasteiger partial charge on any atom is -0.372 e. The summed E-state index contributed by atoms with van der Waals surface area (Å²) in [6.07, 6.45) is 4.46. The van der Waals surface area contributed by atoms with Gasteiger partial charge in [-0.15, -0.1) is 0 Å². The summed E-state index contributed by atoms with van der Waals surface area (Å²) in [6.45, 7) is 0.900. The minimum atomic E-state index is -0.313. The van der Waals surface area contributed by atoms with E-state index in [1.165, 1.54) is 25.3 Å². The number of anilines is 1. The van der Waals surface area contributed by atoms with Crippen molar-refractivity contribution in [2.24, 2.45) is 5.92 Å². The molecule has 0 bridgehead atoms. The Bertz CT molecular complexity index is 388. The summed E-state index contributed by atoms with van der Waals surface area (Å²) < 4.78 is 13.7. The zero-order valence-corrected chi connectivity index (χ0v) is 9.45. The summed E-state index contributed by atoms with van der Waals surface area (Å²) in [7, 11) is 1.90. The van der Waals surface area contributed by atoms with E-state index in [2.05, 4.69) is 0 Å². The van der Waals surface area contributed by atoms with E-state index in [4.69, 9.17) is 0 Å². The lowest BCUT2D eigenvalue weighted by atomic mass is 9.85. The SMILES string of the molecule is CN(CC1CCC1)c1ccc(C=O)cc1F. The van der Waals surface area contributed by atoms with Crippen molar-refractivity contribution in [1.29, 1.82) is 0 Å². The van der Waals surface area contributed by atoms with Crippen LogP contribution in [-0.2, 0) is 0 Å². The summed E-state index contributed by atoms with van der Waals surface area (Å²) in [4.78, 5) is 12.4. The van der Waals surface area contributed by atoms with Gasteiger partial charge in [0, 0.05) is 19.2 Å². The van der Waals surface area contributed by atoms with Crippen LogP contribution in [0.15, 0.2) is 18.2 Å². The second-order valence-electron chi connectivity index (χ2n) is 4.51. The van der Waals surface area contributed by atoms with Crippen LogP contribution >= 0.6 is 0 Å². The van der Waals surface area contributed by atoms with Crippen molar-refractivity contribution in [2.45, 2.75) is 19.3 Å². The molecule has 0 heterocycles. The molecule has 1 aromatic rings. The van der Waals surface area contributed by atoms with Crippen molar-refractivity contribution in [3.63, 3.8) is 0 Å². The van der Waals surface area contributed by atoms with E-state index in [0.717, 1.165) is 6.54 Å². The van der Waals surface area contributed by atoms with Gasteiger partial charge in [0.2, 0.25) is 0 Å². The lowest BCUT2D eigenvalue weighted by molar-refractivity contribution is 0.112. The molecule has 0 N–H and O–H groups in total. The molecule has 0 unspecified atom stereocenters. The summed E-state index contributed by atoms with van der Waals surface area (Å²) in [6, 6.07) is 4.63. The minimum absolute atomic E-state index is 0.313. The van der Waals surface area contributed by atoms with E-state index in [-0.39, 0.29) is 5.82 Å². The van der Waals surface area contributed by atoms with Gasteiger partial charge in [-0.25, -0.2) is 4.39 Å². The molecule has 86 valence electrons. The summed E-state index contributed by atoms with van der Waals surface area (Å²) in [5.41, 5.74) is 0.968. The van der Waals surface area contributed by atoms with Crippen LogP contribution in [0.25, 0.3) is 0 Å². The standard InChI is InChI=1S/C13H16FNO/c1-15(8-10-3-2-4-10)13-6-5-11(9-16)7-12(13)14/h5-7,9-10H,2-4,8H2,1H3. The highest BCUT2D eigenvalue weighted by Crippen LogP contribution is 2.29.